The highest BCUT2D eigenvalue weighted by molar-refractivity contribution is 7.11. The van der Waals surface area contributed by atoms with Gasteiger partial charge in [-0.2, -0.15) is 0 Å². The van der Waals surface area contributed by atoms with Gasteiger partial charge in [-0.05, 0) is 31.7 Å². The van der Waals surface area contributed by atoms with Gasteiger partial charge in [-0.3, -0.25) is 0 Å². The van der Waals surface area contributed by atoms with E-state index < -0.39 is 0 Å². The number of aromatic nitrogens is 1. The van der Waals surface area contributed by atoms with E-state index in [-0.39, 0.29) is 0 Å². The van der Waals surface area contributed by atoms with Crippen LogP contribution in [0, 0.1) is 5.92 Å². The van der Waals surface area contributed by atoms with Crippen LogP contribution in [-0.4, -0.2) is 11.5 Å². The lowest BCUT2D eigenvalue weighted by atomic mass is 10.1. The molecule has 3 heteroatoms. The first-order valence-corrected chi connectivity index (χ1v) is 7.17. The zero-order chi connectivity index (χ0) is 12.0. The standard InChI is InChI=1S/C13H24N2S/c1-5-7-13-15-11(8-10(3)4)12(16-13)9-14-6-2/h10,14H,5-9H2,1-4H3. The molecule has 1 rings (SSSR count). The van der Waals surface area contributed by atoms with Crippen LogP contribution in [0.25, 0.3) is 0 Å². The van der Waals surface area contributed by atoms with Gasteiger partial charge < -0.3 is 5.32 Å². The molecule has 1 N–H and O–H groups in total. The Labute approximate surface area is 103 Å². The average Bonchev–Trinajstić information content (AvgIpc) is 2.57. The van der Waals surface area contributed by atoms with Gasteiger partial charge in [-0.15, -0.1) is 11.3 Å². The van der Waals surface area contributed by atoms with Gasteiger partial charge in [0.2, 0.25) is 0 Å². The van der Waals surface area contributed by atoms with Crippen LogP contribution in [0.15, 0.2) is 0 Å². The zero-order valence-corrected chi connectivity index (χ0v) is 11.8. The molecule has 1 heterocycles. The normalized spacial score (nSPS) is 11.3. The number of rotatable bonds is 7. The summed E-state index contributed by atoms with van der Waals surface area (Å²) in [7, 11) is 0. The lowest BCUT2D eigenvalue weighted by molar-refractivity contribution is 0.626. The van der Waals surface area contributed by atoms with E-state index >= 15 is 0 Å². The molecule has 16 heavy (non-hydrogen) atoms. The second kappa shape index (κ2) is 7.02. The van der Waals surface area contributed by atoms with E-state index in [1.165, 1.54) is 22.0 Å². The predicted molar refractivity (Wildman–Crippen MR) is 72.0 cm³/mol. The summed E-state index contributed by atoms with van der Waals surface area (Å²) in [6, 6.07) is 0. The van der Waals surface area contributed by atoms with Crippen LogP contribution in [0.2, 0.25) is 0 Å². The fraction of sp³-hybridized carbons (Fsp3) is 0.769. The summed E-state index contributed by atoms with van der Waals surface area (Å²) >= 11 is 1.89. The van der Waals surface area contributed by atoms with E-state index in [1.807, 2.05) is 11.3 Å². The number of aryl methyl sites for hydroxylation is 1. The van der Waals surface area contributed by atoms with Gasteiger partial charge >= 0.3 is 0 Å². The summed E-state index contributed by atoms with van der Waals surface area (Å²) in [5.74, 6) is 0.692. The summed E-state index contributed by atoms with van der Waals surface area (Å²) in [6.07, 6.45) is 3.43. The highest BCUT2D eigenvalue weighted by atomic mass is 32.1. The molecule has 2 nitrogen and oxygen atoms in total. The van der Waals surface area contributed by atoms with Gasteiger partial charge in [0.25, 0.3) is 0 Å². The quantitative estimate of drug-likeness (QED) is 0.790. The molecule has 0 aromatic carbocycles. The van der Waals surface area contributed by atoms with Crippen molar-refractivity contribution < 1.29 is 0 Å². The Bertz CT molecular complexity index is 305. The van der Waals surface area contributed by atoms with E-state index in [0.29, 0.717) is 5.92 Å². The van der Waals surface area contributed by atoms with Crippen molar-refractivity contribution in [3.63, 3.8) is 0 Å². The van der Waals surface area contributed by atoms with Gasteiger partial charge in [0.15, 0.2) is 0 Å². The monoisotopic (exact) mass is 240 g/mol. The molecule has 0 bridgehead atoms. The smallest absolute Gasteiger partial charge is 0.0931 e. The molecule has 0 aliphatic heterocycles. The molecule has 1 aromatic rings. The second-order valence-electron chi connectivity index (χ2n) is 4.61. The molecule has 0 amide bonds. The zero-order valence-electron chi connectivity index (χ0n) is 11.0. The molecule has 0 aliphatic rings. The molecule has 0 fully saturated rings. The van der Waals surface area contributed by atoms with Crippen molar-refractivity contribution in [2.75, 3.05) is 6.54 Å². The fourth-order valence-corrected chi connectivity index (χ4v) is 2.85. The topological polar surface area (TPSA) is 24.9 Å². The number of nitrogens with one attached hydrogen (secondary N) is 1. The van der Waals surface area contributed by atoms with Crippen molar-refractivity contribution in [2.45, 2.75) is 53.5 Å². The van der Waals surface area contributed by atoms with Crippen LogP contribution in [0.1, 0.15) is 49.7 Å². The fourth-order valence-electron chi connectivity index (χ4n) is 1.68. The van der Waals surface area contributed by atoms with Crippen molar-refractivity contribution >= 4 is 11.3 Å². The average molecular weight is 240 g/mol. The van der Waals surface area contributed by atoms with Crippen molar-refractivity contribution in [3.05, 3.63) is 15.6 Å². The summed E-state index contributed by atoms with van der Waals surface area (Å²) in [6.45, 7) is 10.9. The molecule has 0 saturated heterocycles. The Balaban J connectivity index is 2.75. The summed E-state index contributed by atoms with van der Waals surface area (Å²) < 4.78 is 0. The first-order chi connectivity index (χ1) is 7.67. The number of thiazole rings is 1. The Morgan fingerprint density at radius 2 is 2.06 bits per heavy atom. The maximum atomic E-state index is 4.77. The molecule has 0 spiro atoms. The Kier molecular flexibility index (Phi) is 5.99. The molecule has 0 radical (unpaired) electrons. The molecule has 1 aromatic heterocycles. The highest BCUT2D eigenvalue weighted by Crippen LogP contribution is 2.22. The van der Waals surface area contributed by atoms with Gasteiger partial charge in [-0.1, -0.05) is 27.7 Å². The number of hydrogen-bond donors (Lipinski definition) is 1. The lowest BCUT2D eigenvalue weighted by Gasteiger charge is -2.04. The van der Waals surface area contributed by atoms with Gasteiger partial charge in [0.1, 0.15) is 0 Å². The summed E-state index contributed by atoms with van der Waals surface area (Å²) in [5, 5.41) is 4.72. The maximum absolute atomic E-state index is 4.77. The van der Waals surface area contributed by atoms with Crippen molar-refractivity contribution in [2.24, 2.45) is 5.92 Å². The van der Waals surface area contributed by atoms with Gasteiger partial charge in [-0.25, -0.2) is 4.98 Å². The van der Waals surface area contributed by atoms with E-state index in [1.54, 1.807) is 0 Å². The van der Waals surface area contributed by atoms with E-state index in [4.69, 9.17) is 4.98 Å². The van der Waals surface area contributed by atoms with Crippen LogP contribution in [0.3, 0.4) is 0 Å². The Morgan fingerprint density at radius 1 is 1.31 bits per heavy atom. The van der Waals surface area contributed by atoms with Crippen molar-refractivity contribution in [3.8, 4) is 0 Å². The third-order valence-electron chi connectivity index (χ3n) is 2.42. The van der Waals surface area contributed by atoms with Crippen molar-refractivity contribution in [1.82, 2.24) is 10.3 Å². The van der Waals surface area contributed by atoms with Crippen LogP contribution in [0.4, 0.5) is 0 Å². The van der Waals surface area contributed by atoms with Crippen LogP contribution in [0.5, 0.6) is 0 Å². The molecule has 0 aliphatic carbocycles. The second-order valence-corrected chi connectivity index (χ2v) is 5.77. The highest BCUT2D eigenvalue weighted by Gasteiger charge is 2.11. The minimum absolute atomic E-state index is 0.692. The minimum atomic E-state index is 0.692. The Hall–Kier alpha value is -0.410. The Morgan fingerprint density at radius 3 is 2.62 bits per heavy atom. The third-order valence-corrected chi connectivity index (χ3v) is 3.58. The van der Waals surface area contributed by atoms with Crippen LogP contribution < -0.4 is 5.32 Å². The molecule has 92 valence electrons. The molecule has 0 saturated carbocycles. The summed E-state index contributed by atoms with van der Waals surface area (Å²) in [5.41, 5.74) is 1.32. The van der Waals surface area contributed by atoms with Gasteiger partial charge in [0, 0.05) is 11.4 Å². The largest absolute Gasteiger partial charge is 0.312 e. The minimum Gasteiger partial charge on any atom is -0.312 e. The van der Waals surface area contributed by atoms with E-state index in [0.717, 1.165) is 25.9 Å². The van der Waals surface area contributed by atoms with Crippen LogP contribution in [-0.2, 0) is 19.4 Å². The predicted octanol–water partition coefficient (Wildman–Crippen LogP) is 3.40. The molecule has 0 atom stereocenters. The first-order valence-electron chi connectivity index (χ1n) is 6.35. The number of nitrogens with zero attached hydrogens (tertiary/aromatic N) is 1. The van der Waals surface area contributed by atoms with Gasteiger partial charge in [0.05, 0.1) is 10.7 Å². The SMILES string of the molecule is CCCc1nc(CC(C)C)c(CNCC)s1. The lowest BCUT2D eigenvalue weighted by Crippen LogP contribution is -2.12. The third kappa shape index (κ3) is 4.22. The molecular weight excluding hydrogens is 216 g/mol. The molecule has 0 unspecified atom stereocenters. The van der Waals surface area contributed by atoms with E-state index in [9.17, 15) is 0 Å². The molecular formula is C13H24N2S. The summed E-state index contributed by atoms with van der Waals surface area (Å²) in [4.78, 5) is 6.22. The number of hydrogen-bond acceptors (Lipinski definition) is 3. The first kappa shape index (κ1) is 13.7. The van der Waals surface area contributed by atoms with Crippen LogP contribution >= 0.6 is 11.3 Å². The maximum Gasteiger partial charge on any atom is 0.0931 e. The van der Waals surface area contributed by atoms with E-state index in [2.05, 4.69) is 33.0 Å². The van der Waals surface area contributed by atoms with Crippen molar-refractivity contribution in [1.29, 1.82) is 0 Å².